The Morgan fingerprint density at radius 3 is 2.25 bits per heavy atom. The molecule has 1 aromatic heterocycles. The van der Waals surface area contributed by atoms with Crippen molar-refractivity contribution in [1.82, 2.24) is 9.78 Å². The van der Waals surface area contributed by atoms with E-state index in [1.165, 1.54) is 0 Å². The molecule has 3 rings (SSSR count). The summed E-state index contributed by atoms with van der Waals surface area (Å²) >= 11 is 0. The fourth-order valence-corrected chi connectivity index (χ4v) is 2.45. The summed E-state index contributed by atoms with van der Waals surface area (Å²) in [6, 6.07) is 17.7. The van der Waals surface area contributed by atoms with Crippen LogP contribution in [0.5, 0.6) is 0 Å². The van der Waals surface area contributed by atoms with Crippen molar-refractivity contribution >= 4 is 0 Å². The lowest BCUT2D eigenvalue weighted by Crippen LogP contribution is -2.05. The Labute approximate surface area is 117 Å². The molecule has 20 heavy (non-hydrogen) atoms. The van der Waals surface area contributed by atoms with Crippen LogP contribution < -0.4 is 5.56 Å². The Kier molecular flexibility index (Phi) is 3.03. The maximum atomic E-state index is 11.8. The quantitative estimate of drug-likeness (QED) is 0.756. The van der Waals surface area contributed by atoms with Crippen molar-refractivity contribution in [3.63, 3.8) is 0 Å². The minimum absolute atomic E-state index is 0.0912. The summed E-state index contributed by atoms with van der Waals surface area (Å²) in [6.07, 6.45) is 0. The zero-order valence-electron chi connectivity index (χ0n) is 11.6. The fraction of sp³-hybridized carbons (Fsp3) is 0.118. The van der Waals surface area contributed by atoms with Gasteiger partial charge >= 0.3 is 0 Å². The van der Waals surface area contributed by atoms with Crippen LogP contribution in [0.2, 0.25) is 0 Å². The molecule has 0 spiro atoms. The van der Waals surface area contributed by atoms with Gasteiger partial charge in [0.05, 0.1) is 11.4 Å². The second-order valence-corrected chi connectivity index (χ2v) is 4.94. The number of hydrogen-bond donors (Lipinski definition) is 1. The number of nitrogens with zero attached hydrogens (tertiary/aromatic N) is 1. The van der Waals surface area contributed by atoms with Gasteiger partial charge in [-0.25, -0.2) is 0 Å². The first-order valence-corrected chi connectivity index (χ1v) is 6.61. The number of aromatic amines is 1. The van der Waals surface area contributed by atoms with Crippen LogP contribution in [0.4, 0.5) is 0 Å². The molecule has 3 aromatic rings. The Morgan fingerprint density at radius 1 is 0.900 bits per heavy atom. The molecule has 0 unspecified atom stereocenters. The van der Waals surface area contributed by atoms with Gasteiger partial charge in [0, 0.05) is 11.6 Å². The summed E-state index contributed by atoms with van der Waals surface area (Å²) in [5, 5.41) is 2.89. The van der Waals surface area contributed by atoms with Crippen LogP contribution >= 0.6 is 0 Å². The van der Waals surface area contributed by atoms with Gasteiger partial charge < -0.3 is 0 Å². The highest BCUT2D eigenvalue weighted by atomic mass is 16.1. The lowest BCUT2D eigenvalue weighted by Gasteiger charge is -2.12. The maximum absolute atomic E-state index is 11.8. The highest BCUT2D eigenvalue weighted by Crippen LogP contribution is 2.25. The van der Waals surface area contributed by atoms with Gasteiger partial charge in [-0.05, 0) is 31.0 Å². The maximum Gasteiger partial charge on any atom is 0.265 e. The van der Waals surface area contributed by atoms with E-state index in [9.17, 15) is 4.79 Å². The van der Waals surface area contributed by atoms with E-state index in [0.29, 0.717) is 0 Å². The predicted molar refractivity (Wildman–Crippen MR) is 81.3 cm³/mol. The molecule has 1 N–H and O–H groups in total. The lowest BCUT2D eigenvalue weighted by atomic mass is 10.1. The molecule has 0 fully saturated rings. The van der Waals surface area contributed by atoms with E-state index >= 15 is 0 Å². The Morgan fingerprint density at radius 2 is 1.55 bits per heavy atom. The molecule has 0 aliphatic rings. The van der Waals surface area contributed by atoms with Gasteiger partial charge in [0.15, 0.2) is 0 Å². The van der Waals surface area contributed by atoms with Crippen LogP contribution in [0.1, 0.15) is 11.1 Å². The number of benzene rings is 2. The number of para-hydroxylation sites is 1. The number of H-pyrrole nitrogens is 1. The average molecular weight is 264 g/mol. The topological polar surface area (TPSA) is 37.8 Å². The van der Waals surface area contributed by atoms with Gasteiger partial charge in [-0.2, -0.15) is 0 Å². The summed E-state index contributed by atoms with van der Waals surface area (Å²) < 4.78 is 1.86. The van der Waals surface area contributed by atoms with Gasteiger partial charge in [-0.1, -0.05) is 42.5 Å². The SMILES string of the molecule is Cc1ccccc1-c1cc(=O)[nH]n1-c1ccccc1C. The molecule has 0 aliphatic carbocycles. The highest BCUT2D eigenvalue weighted by Gasteiger charge is 2.11. The third kappa shape index (κ3) is 2.07. The molecule has 0 radical (unpaired) electrons. The number of aromatic nitrogens is 2. The van der Waals surface area contributed by atoms with Crippen molar-refractivity contribution in [1.29, 1.82) is 0 Å². The van der Waals surface area contributed by atoms with E-state index in [0.717, 1.165) is 28.1 Å². The van der Waals surface area contributed by atoms with Crippen molar-refractivity contribution < 1.29 is 0 Å². The van der Waals surface area contributed by atoms with E-state index in [1.54, 1.807) is 6.07 Å². The first-order valence-electron chi connectivity index (χ1n) is 6.61. The summed E-state index contributed by atoms with van der Waals surface area (Å²) in [7, 11) is 0. The average Bonchev–Trinajstić information content (AvgIpc) is 2.81. The Hall–Kier alpha value is -2.55. The van der Waals surface area contributed by atoms with Crippen molar-refractivity contribution in [2.75, 3.05) is 0 Å². The normalized spacial score (nSPS) is 10.7. The number of aryl methyl sites for hydroxylation is 2. The Balaban J connectivity index is 2.27. The minimum atomic E-state index is -0.0912. The molecular weight excluding hydrogens is 248 g/mol. The molecule has 0 aliphatic heterocycles. The summed E-state index contributed by atoms with van der Waals surface area (Å²) in [5.41, 5.74) is 5.12. The third-order valence-corrected chi connectivity index (χ3v) is 3.51. The van der Waals surface area contributed by atoms with Gasteiger partial charge in [0.2, 0.25) is 0 Å². The van der Waals surface area contributed by atoms with E-state index in [4.69, 9.17) is 0 Å². The molecule has 3 heteroatoms. The molecule has 0 amide bonds. The van der Waals surface area contributed by atoms with Crippen LogP contribution in [-0.4, -0.2) is 9.78 Å². The first-order chi connectivity index (χ1) is 9.66. The number of rotatable bonds is 2. The second-order valence-electron chi connectivity index (χ2n) is 4.94. The molecule has 0 bridgehead atoms. The minimum Gasteiger partial charge on any atom is -0.268 e. The van der Waals surface area contributed by atoms with Gasteiger partial charge in [-0.3, -0.25) is 14.6 Å². The van der Waals surface area contributed by atoms with Crippen LogP contribution in [0, 0.1) is 13.8 Å². The molecule has 2 aromatic carbocycles. The van der Waals surface area contributed by atoms with Crippen LogP contribution in [0.15, 0.2) is 59.4 Å². The van der Waals surface area contributed by atoms with Gasteiger partial charge in [-0.15, -0.1) is 0 Å². The monoisotopic (exact) mass is 264 g/mol. The van der Waals surface area contributed by atoms with E-state index in [2.05, 4.69) is 18.1 Å². The fourth-order valence-electron chi connectivity index (χ4n) is 2.45. The first kappa shape index (κ1) is 12.5. The molecule has 1 heterocycles. The van der Waals surface area contributed by atoms with Crippen molar-refractivity contribution in [2.45, 2.75) is 13.8 Å². The molecule has 0 atom stereocenters. The third-order valence-electron chi connectivity index (χ3n) is 3.51. The molecule has 0 saturated carbocycles. The predicted octanol–water partition coefficient (Wildman–Crippen LogP) is 3.45. The molecular formula is C17H16N2O. The van der Waals surface area contributed by atoms with E-state index < -0.39 is 0 Å². The molecule has 3 nitrogen and oxygen atoms in total. The zero-order chi connectivity index (χ0) is 14.1. The van der Waals surface area contributed by atoms with Crippen LogP contribution in [-0.2, 0) is 0 Å². The van der Waals surface area contributed by atoms with Crippen LogP contribution in [0.25, 0.3) is 16.9 Å². The zero-order valence-corrected chi connectivity index (χ0v) is 11.6. The van der Waals surface area contributed by atoms with Gasteiger partial charge in [0.1, 0.15) is 0 Å². The second kappa shape index (κ2) is 4.85. The summed E-state index contributed by atoms with van der Waals surface area (Å²) in [6.45, 7) is 4.09. The smallest absolute Gasteiger partial charge is 0.265 e. The Bertz CT molecular complexity index is 746. The summed E-state index contributed by atoms with van der Waals surface area (Å²) in [5.74, 6) is 0. The largest absolute Gasteiger partial charge is 0.268 e. The standard InChI is InChI=1S/C17H16N2O/c1-12-7-3-5-9-14(12)16-11-17(20)18-19(16)15-10-6-4-8-13(15)2/h3-11H,1-2H3,(H,18,20). The highest BCUT2D eigenvalue weighted by molar-refractivity contribution is 5.66. The van der Waals surface area contributed by atoms with Crippen molar-refractivity contribution in [3.05, 3.63) is 76.1 Å². The summed E-state index contributed by atoms with van der Waals surface area (Å²) in [4.78, 5) is 11.8. The molecule has 100 valence electrons. The number of hydrogen-bond acceptors (Lipinski definition) is 1. The van der Waals surface area contributed by atoms with E-state index in [-0.39, 0.29) is 5.56 Å². The lowest BCUT2D eigenvalue weighted by molar-refractivity contribution is 0.863. The van der Waals surface area contributed by atoms with Crippen LogP contribution in [0.3, 0.4) is 0 Å². The van der Waals surface area contributed by atoms with Crippen molar-refractivity contribution in [2.24, 2.45) is 0 Å². The number of nitrogens with one attached hydrogen (secondary N) is 1. The molecule has 0 saturated heterocycles. The van der Waals surface area contributed by atoms with Gasteiger partial charge in [0.25, 0.3) is 5.56 Å². The van der Waals surface area contributed by atoms with Crippen molar-refractivity contribution in [3.8, 4) is 16.9 Å². The van der Waals surface area contributed by atoms with E-state index in [1.807, 2.05) is 54.1 Å².